The summed E-state index contributed by atoms with van der Waals surface area (Å²) in [5, 5.41) is 6.13. The van der Waals surface area contributed by atoms with Crippen molar-refractivity contribution < 1.29 is 12.8 Å². The van der Waals surface area contributed by atoms with Gasteiger partial charge < -0.3 is 0 Å². The fourth-order valence-electron chi connectivity index (χ4n) is 2.06. The van der Waals surface area contributed by atoms with Crippen LogP contribution in [0, 0.1) is 5.82 Å². The highest BCUT2D eigenvalue weighted by Gasteiger charge is 2.15. The molecule has 0 radical (unpaired) electrons. The Bertz CT molecular complexity index is 940. The van der Waals surface area contributed by atoms with Crippen LogP contribution in [0.1, 0.15) is 0 Å². The van der Waals surface area contributed by atoms with E-state index in [1.54, 1.807) is 22.2 Å². The molecule has 3 rings (SSSR count). The molecule has 0 amide bonds. The Kier molecular flexibility index (Phi) is 5.00. The molecule has 0 spiro atoms. The average Bonchev–Trinajstić information content (AvgIpc) is 3.20. The number of thiophene rings is 1. The standard InChI is InChI=1S/C15H13ClFN3O2S2/c16-12-10-11(3-4-13(12)17)24(21,22)18-6-8-20-7-5-14(19-20)15-2-1-9-23-15/h1-5,7,9-10,18H,6,8H2. The number of sulfonamides is 1. The molecular weight excluding hydrogens is 373 g/mol. The summed E-state index contributed by atoms with van der Waals surface area (Å²) in [6.45, 7) is 0.530. The topological polar surface area (TPSA) is 64.0 Å². The Morgan fingerprint density at radius 3 is 2.83 bits per heavy atom. The lowest BCUT2D eigenvalue weighted by molar-refractivity contribution is 0.561. The van der Waals surface area contributed by atoms with Crippen LogP contribution in [-0.4, -0.2) is 24.7 Å². The molecule has 0 aliphatic heterocycles. The molecule has 1 N–H and O–H groups in total. The van der Waals surface area contributed by atoms with E-state index in [4.69, 9.17) is 11.6 Å². The van der Waals surface area contributed by atoms with Crippen LogP contribution in [0.2, 0.25) is 5.02 Å². The fourth-order valence-corrected chi connectivity index (χ4v) is 4.05. The molecule has 3 aromatic rings. The van der Waals surface area contributed by atoms with Crippen molar-refractivity contribution in [3.8, 4) is 10.6 Å². The minimum Gasteiger partial charge on any atom is -0.271 e. The van der Waals surface area contributed by atoms with Gasteiger partial charge >= 0.3 is 0 Å². The second-order valence-corrected chi connectivity index (χ2v) is 8.04. The lowest BCUT2D eigenvalue weighted by Crippen LogP contribution is -2.27. The fraction of sp³-hybridized carbons (Fsp3) is 0.133. The van der Waals surface area contributed by atoms with Crippen molar-refractivity contribution in [2.24, 2.45) is 0 Å². The van der Waals surface area contributed by atoms with Crippen molar-refractivity contribution in [3.05, 3.63) is 58.8 Å². The van der Waals surface area contributed by atoms with Gasteiger partial charge in [0.2, 0.25) is 10.0 Å². The van der Waals surface area contributed by atoms with Gasteiger partial charge in [-0.3, -0.25) is 4.68 Å². The van der Waals surface area contributed by atoms with Gasteiger partial charge in [0, 0.05) is 12.7 Å². The summed E-state index contributed by atoms with van der Waals surface area (Å²) >= 11 is 7.21. The lowest BCUT2D eigenvalue weighted by Gasteiger charge is -2.07. The number of halogens is 2. The van der Waals surface area contributed by atoms with E-state index in [0.29, 0.717) is 6.54 Å². The van der Waals surface area contributed by atoms with Crippen molar-refractivity contribution in [1.82, 2.24) is 14.5 Å². The third kappa shape index (κ3) is 3.84. The van der Waals surface area contributed by atoms with E-state index >= 15 is 0 Å². The first-order valence-corrected chi connectivity index (χ1v) is 9.72. The van der Waals surface area contributed by atoms with Gasteiger partial charge in [0.05, 0.1) is 21.3 Å². The largest absolute Gasteiger partial charge is 0.271 e. The minimum atomic E-state index is -3.75. The van der Waals surface area contributed by atoms with Crippen LogP contribution in [0.4, 0.5) is 4.39 Å². The molecule has 0 aliphatic rings. The van der Waals surface area contributed by atoms with Crippen LogP contribution >= 0.6 is 22.9 Å². The van der Waals surface area contributed by atoms with E-state index < -0.39 is 15.8 Å². The first-order chi connectivity index (χ1) is 11.5. The molecule has 126 valence electrons. The van der Waals surface area contributed by atoms with Crippen molar-refractivity contribution in [2.75, 3.05) is 6.54 Å². The van der Waals surface area contributed by atoms with E-state index in [1.165, 1.54) is 6.07 Å². The number of hydrogen-bond acceptors (Lipinski definition) is 4. The highest BCUT2D eigenvalue weighted by molar-refractivity contribution is 7.89. The Hall–Kier alpha value is -1.74. The number of nitrogens with one attached hydrogen (secondary N) is 1. The SMILES string of the molecule is O=S(=O)(NCCn1ccc(-c2cccs2)n1)c1ccc(F)c(Cl)c1. The highest BCUT2D eigenvalue weighted by Crippen LogP contribution is 2.22. The monoisotopic (exact) mass is 385 g/mol. The van der Waals surface area contributed by atoms with Gasteiger partial charge in [-0.05, 0) is 35.7 Å². The number of aromatic nitrogens is 2. The predicted molar refractivity (Wildman–Crippen MR) is 92.1 cm³/mol. The van der Waals surface area contributed by atoms with Gasteiger partial charge in [-0.1, -0.05) is 17.7 Å². The van der Waals surface area contributed by atoms with Crippen LogP contribution in [0.25, 0.3) is 10.6 Å². The molecule has 0 atom stereocenters. The molecule has 0 saturated heterocycles. The zero-order valence-electron chi connectivity index (χ0n) is 12.3. The summed E-state index contributed by atoms with van der Waals surface area (Å²) in [4.78, 5) is 0.976. The molecule has 1 aromatic carbocycles. The summed E-state index contributed by atoms with van der Waals surface area (Å²) in [7, 11) is -3.75. The van der Waals surface area contributed by atoms with E-state index in [-0.39, 0.29) is 16.5 Å². The van der Waals surface area contributed by atoms with Crippen LogP contribution < -0.4 is 4.72 Å². The maximum atomic E-state index is 13.1. The molecule has 0 aliphatic carbocycles. The van der Waals surface area contributed by atoms with Gasteiger partial charge in [-0.25, -0.2) is 17.5 Å². The molecule has 2 heterocycles. The maximum Gasteiger partial charge on any atom is 0.240 e. The van der Waals surface area contributed by atoms with Crippen molar-refractivity contribution in [1.29, 1.82) is 0 Å². The molecule has 0 saturated carbocycles. The van der Waals surface area contributed by atoms with E-state index in [1.807, 2.05) is 23.6 Å². The third-order valence-electron chi connectivity index (χ3n) is 3.25. The van der Waals surface area contributed by atoms with Crippen molar-refractivity contribution in [3.63, 3.8) is 0 Å². The van der Waals surface area contributed by atoms with E-state index in [9.17, 15) is 12.8 Å². The zero-order chi connectivity index (χ0) is 17.2. The van der Waals surface area contributed by atoms with Gasteiger partial charge in [0.15, 0.2) is 0 Å². The van der Waals surface area contributed by atoms with E-state index in [0.717, 1.165) is 22.7 Å². The predicted octanol–water partition coefficient (Wildman–Crippen LogP) is 3.38. The Labute approximate surface area is 147 Å². The molecule has 24 heavy (non-hydrogen) atoms. The average molecular weight is 386 g/mol. The Balaban J connectivity index is 1.62. The zero-order valence-corrected chi connectivity index (χ0v) is 14.7. The summed E-state index contributed by atoms with van der Waals surface area (Å²) in [5.74, 6) is -0.659. The molecule has 0 unspecified atom stereocenters. The number of benzene rings is 1. The number of rotatable bonds is 6. The van der Waals surface area contributed by atoms with Gasteiger partial charge in [0.25, 0.3) is 0 Å². The first kappa shape index (κ1) is 17.1. The molecule has 9 heteroatoms. The molecule has 0 fully saturated rings. The Morgan fingerprint density at radius 1 is 1.29 bits per heavy atom. The highest BCUT2D eigenvalue weighted by atomic mass is 35.5. The second kappa shape index (κ2) is 7.02. The molecule has 2 aromatic heterocycles. The minimum absolute atomic E-state index is 0.0753. The van der Waals surface area contributed by atoms with Gasteiger partial charge in [-0.15, -0.1) is 11.3 Å². The van der Waals surface area contributed by atoms with Crippen LogP contribution in [0.15, 0.2) is 52.9 Å². The van der Waals surface area contributed by atoms with Gasteiger partial charge in [-0.2, -0.15) is 5.10 Å². The third-order valence-corrected chi connectivity index (χ3v) is 5.89. The molecule has 5 nitrogen and oxygen atoms in total. The van der Waals surface area contributed by atoms with Crippen LogP contribution in [-0.2, 0) is 16.6 Å². The molecular formula is C15H13ClFN3O2S2. The summed E-state index contributed by atoms with van der Waals surface area (Å²) < 4.78 is 41.5. The quantitative estimate of drug-likeness (QED) is 0.707. The number of nitrogens with zero attached hydrogens (tertiary/aromatic N) is 2. The molecule has 0 bridgehead atoms. The maximum absolute atomic E-state index is 13.1. The summed E-state index contributed by atoms with van der Waals surface area (Å²) in [5.41, 5.74) is 0.846. The summed E-state index contributed by atoms with van der Waals surface area (Å²) in [6.07, 6.45) is 1.79. The van der Waals surface area contributed by atoms with Crippen LogP contribution in [0.5, 0.6) is 0 Å². The smallest absolute Gasteiger partial charge is 0.240 e. The van der Waals surface area contributed by atoms with Gasteiger partial charge in [0.1, 0.15) is 11.5 Å². The van der Waals surface area contributed by atoms with Crippen LogP contribution in [0.3, 0.4) is 0 Å². The summed E-state index contributed by atoms with van der Waals surface area (Å²) in [6, 6.07) is 9.07. The lowest BCUT2D eigenvalue weighted by atomic mass is 10.3. The van der Waals surface area contributed by atoms with E-state index in [2.05, 4.69) is 9.82 Å². The Morgan fingerprint density at radius 2 is 2.12 bits per heavy atom. The second-order valence-electron chi connectivity index (χ2n) is 4.92. The van der Waals surface area contributed by atoms with Crippen molar-refractivity contribution >= 4 is 33.0 Å². The first-order valence-electron chi connectivity index (χ1n) is 6.98. The number of hydrogen-bond donors (Lipinski definition) is 1. The normalized spacial score (nSPS) is 11.8. The van der Waals surface area contributed by atoms with Crippen molar-refractivity contribution in [2.45, 2.75) is 11.4 Å².